The number of carbonyl (C=O) groups excluding carboxylic acids is 1. The highest BCUT2D eigenvalue weighted by atomic mass is 32.2. The molecule has 0 atom stereocenters. The number of rotatable bonds is 6. The van der Waals surface area contributed by atoms with Crippen molar-refractivity contribution in [3.63, 3.8) is 0 Å². The van der Waals surface area contributed by atoms with Crippen molar-refractivity contribution in [2.45, 2.75) is 17.9 Å². The average molecular weight is 400 g/mol. The van der Waals surface area contributed by atoms with E-state index >= 15 is 0 Å². The van der Waals surface area contributed by atoms with Crippen molar-refractivity contribution in [3.05, 3.63) is 65.0 Å². The fourth-order valence-electron chi connectivity index (χ4n) is 2.75. The molecular formula is C19H20N4O4S. The topological polar surface area (TPSA) is 101 Å². The Hall–Kier alpha value is -3.04. The Bertz CT molecular complexity index is 1190. The molecule has 0 saturated carbocycles. The van der Waals surface area contributed by atoms with Crippen LogP contribution in [0.25, 0.3) is 10.9 Å². The summed E-state index contributed by atoms with van der Waals surface area (Å²) in [5.41, 5.74) is 0.677. The molecule has 0 saturated heterocycles. The van der Waals surface area contributed by atoms with Crippen LogP contribution in [0.3, 0.4) is 0 Å². The molecule has 8 nitrogen and oxygen atoms in total. The van der Waals surface area contributed by atoms with E-state index < -0.39 is 10.0 Å². The van der Waals surface area contributed by atoms with Gasteiger partial charge >= 0.3 is 0 Å². The molecule has 3 aromatic rings. The van der Waals surface area contributed by atoms with E-state index in [1.807, 2.05) is 0 Å². The quantitative estimate of drug-likeness (QED) is 0.678. The maximum atomic E-state index is 12.4. The zero-order valence-electron chi connectivity index (χ0n) is 15.5. The first-order valence-electron chi connectivity index (χ1n) is 8.57. The molecule has 0 aliphatic rings. The van der Waals surface area contributed by atoms with Gasteiger partial charge < -0.3 is 5.32 Å². The van der Waals surface area contributed by atoms with Crippen LogP contribution >= 0.6 is 0 Å². The first kappa shape index (κ1) is 19.7. The van der Waals surface area contributed by atoms with Crippen molar-refractivity contribution < 1.29 is 13.2 Å². The maximum Gasteiger partial charge on any atom is 0.244 e. The summed E-state index contributed by atoms with van der Waals surface area (Å²) in [7, 11) is -0.824. The van der Waals surface area contributed by atoms with Crippen LogP contribution in [0.2, 0.25) is 0 Å². The number of hydrogen-bond acceptors (Lipinski definition) is 5. The summed E-state index contributed by atoms with van der Waals surface area (Å²) in [5, 5.41) is 7.27. The number of amides is 1. The Kier molecular flexibility index (Phi) is 5.57. The lowest BCUT2D eigenvalue weighted by molar-refractivity contribution is -0.116. The van der Waals surface area contributed by atoms with Gasteiger partial charge in [-0.1, -0.05) is 24.3 Å². The van der Waals surface area contributed by atoms with Crippen molar-refractivity contribution >= 4 is 32.5 Å². The Balaban J connectivity index is 1.78. The monoisotopic (exact) mass is 400 g/mol. The number of fused-ring (bicyclic) bond motifs is 1. The van der Waals surface area contributed by atoms with E-state index in [4.69, 9.17) is 0 Å². The highest BCUT2D eigenvalue weighted by Gasteiger charge is 2.21. The molecule has 0 fully saturated rings. The summed E-state index contributed by atoms with van der Waals surface area (Å²) in [6.45, 7) is 0.245. The Morgan fingerprint density at radius 3 is 2.54 bits per heavy atom. The second kappa shape index (κ2) is 7.91. The summed E-state index contributed by atoms with van der Waals surface area (Å²) in [6, 6.07) is 13.3. The SMILES string of the molecule is CN(C)S(=O)(=O)c1ccccc1NC(=O)CCn1ncc(=O)c2ccccc21. The minimum absolute atomic E-state index is 0.0280. The van der Waals surface area contributed by atoms with Crippen LogP contribution in [0.5, 0.6) is 0 Å². The Morgan fingerprint density at radius 1 is 1.11 bits per heavy atom. The smallest absolute Gasteiger partial charge is 0.244 e. The van der Waals surface area contributed by atoms with Gasteiger partial charge in [-0.25, -0.2) is 12.7 Å². The first-order valence-corrected chi connectivity index (χ1v) is 10.0. The predicted octanol–water partition coefficient (Wildman–Crippen LogP) is 1.68. The number of nitrogens with zero attached hydrogens (tertiary/aromatic N) is 3. The van der Waals surface area contributed by atoms with E-state index in [0.29, 0.717) is 10.9 Å². The summed E-state index contributed by atoms with van der Waals surface area (Å²) in [6.07, 6.45) is 1.29. The van der Waals surface area contributed by atoms with Crippen LogP contribution in [-0.2, 0) is 21.4 Å². The van der Waals surface area contributed by atoms with Gasteiger partial charge in [-0.3, -0.25) is 14.3 Å². The number of carbonyl (C=O) groups is 1. The molecule has 1 heterocycles. The third-order valence-corrected chi connectivity index (χ3v) is 6.11. The van der Waals surface area contributed by atoms with Crippen LogP contribution in [0, 0.1) is 0 Å². The van der Waals surface area contributed by atoms with Gasteiger partial charge in [0.05, 0.1) is 23.9 Å². The van der Waals surface area contributed by atoms with Gasteiger partial charge in [0.15, 0.2) is 0 Å². The lowest BCUT2D eigenvalue weighted by Crippen LogP contribution is -2.24. The molecule has 28 heavy (non-hydrogen) atoms. The number of aryl methyl sites for hydroxylation is 1. The highest BCUT2D eigenvalue weighted by molar-refractivity contribution is 7.89. The van der Waals surface area contributed by atoms with Crippen molar-refractivity contribution in [3.8, 4) is 0 Å². The zero-order chi connectivity index (χ0) is 20.3. The van der Waals surface area contributed by atoms with Crippen molar-refractivity contribution in [1.29, 1.82) is 0 Å². The molecule has 146 valence electrons. The van der Waals surface area contributed by atoms with E-state index in [9.17, 15) is 18.0 Å². The highest BCUT2D eigenvalue weighted by Crippen LogP contribution is 2.23. The van der Waals surface area contributed by atoms with Gasteiger partial charge in [0.1, 0.15) is 4.90 Å². The number of hydrogen-bond donors (Lipinski definition) is 1. The second-order valence-electron chi connectivity index (χ2n) is 6.33. The lowest BCUT2D eigenvalue weighted by atomic mass is 10.2. The molecule has 0 radical (unpaired) electrons. The normalized spacial score (nSPS) is 11.7. The van der Waals surface area contributed by atoms with Crippen molar-refractivity contribution in [2.24, 2.45) is 0 Å². The minimum Gasteiger partial charge on any atom is -0.325 e. The predicted molar refractivity (Wildman–Crippen MR) is 107 cm³/mol. The fourth-order valence-corrected chi connectivity index (χ4v) is 3.79. The van der Waals surface area contributed by atoms with E-state index in [2.05, 4.69) is 10.4 Å². The number of para-hydroxylation sites is 2. The number of aromatic nitrogens is 2. The largest absolute Gasteiger partial charge is 0.325 e. The molecule has 0 bridgehead atoms. The molecule has 1 aromatic heterocycles. The number of anilines is 1. The van der Waals surface area contributed by atoms with Gasteiger partial charge in [-0.2, -0.15) is 5.10 Å². The molecule has 0 spiro atoms. The van der Waals surface area contributed by atoms with Gasteiger partial charge in [0.2, 0.25) is 21.4 Å². The Labute approximate surface area is 162 Å². The summed E-state index contributed by atoms with van der Waals surface area (Å²) in [5.74, 6) is -0.356. The minimum atomic E-state index is -3.69. The van der Waals surface area contributed by atoms with Gasteiger partial charge in [-0.05, 0) is 24.3 Å². The molecule has 1 amide bonds. The van der Waals surface area contributed by atoms with E-state index in [1.165, 1.54) is 26.4 Å². The van der Waals surface area contributed by atoms with Crippen LogP contribution in [0.4, 0.5) is 5.69 Å². The number of benzene rings is 2. The van der Waals surface area contributed by atoms with E-state index in [1.54, 1.807) is 47.1 Å². The molecule has 1 N–H and O–H groups in total. The molecular weight excluding hydrogens is 380 g/mol. The Morgan fingerprint density at radius 2 is 1.79 bits per heavy atom. The summed E-state index contributed by atoms with van der Waals surface area (Å²) >= 11 is 0. The fraction of sp³-hybridized carbons (Fsp3) is 0.211. The average Bonchev–Trinajstić information content (AvgIpc) is 2.68. The third kappa shape index (κ3) is 3.95. The molecule has 0 unspecified atom stereocenters. The third-order valence-electron chi connectivity index (χ3n) is 4.23. The van der Waals surface area contributed by atoms with Gasteiger partial charge in [0.25, 0.3) is 0 Å². The van der Waals surface area contributed by atoms with Crippen molar-refractivity contribution in [2.75, 3.05) is 19.4 Å². The van der Waals surface area contributed by atoms with E-state index in [0.717, 1.165) is 4.31 Å². The maximum absolute atomic E-state index is 12.4. The van der Waals surface area contributed by atoms with Crippen LogP contribution < -0.4 is 10.7 Å². The molecule has 9 heteroatoms. The molecule has 0 aliphatic heterocycles. The zero-order valence-corrected chi connectivity index (χ0v) is 16.3. The lowest BCUT2D eigenvalue weighted by Gasteiger charge is -2.16. The van der Waals surface area contributed by atoms with Gasteiger partial charge in [-0.15, -0.1) is 0 Å². The molecule has 3 rings (SSSR count). The first-order chi connectivity index (χ1) is 13.3. The van der Waals surface area contributed by atoms with Crippen LogP contribution in [0.1, 0.15) is 6.42 Å². The number of sulfonamides is 1. The molecule has 0 aliphatic carbocycles. The summed E-state index contributed by atoms with van der Waals surface area (Å²) in [4.78, 5) is 24.3. The standard InChI is InChI=1S/C19H20N4O4S/c1-22(2)28(26,27)18-10-6-4-8-15(18)21-19(25)11-12-23-16-9-5-3-7-14(16)17(24)13-20-23/h3-10,13H,11-12H2,1-2H3,(H,21,25). The van der Waals surface area contributed by atoms with Crippen molar-refractivity contribution in [1.82, 2.24) is 14.1 Å². The molecule has 2 aromatic carbocycles. The van der Waals surface area contributed by atoms with Crippen LogP contribution in [0.15, 0.2) is 64.4 Å². The van der Waals surface area contributed by atoms with E-state index in [-0.39, 0.29) is 34.9 Å². The van der Waals surface area contributed by atoms with Gasteiger partial charge in [0, 0.05) is 25.9 Å². The number of nitrogens with one attached hydrogen (secondary N) is 1. The van der Waals surface area contributed by atoms with Crippen LogP contribution in [-0.4, -0.2) is 42.5 Å². The summed E-state index contributed by atoms with van der Waals surface area (Å²) < 4.78 is 27.5. The second-order valence-corrected chi connectivity index (χ2v) is 8.45.